The predicted octanol–water partition coefficient (Wildman–Crippen LogP) is 3.45. The third-order valence-corrected chi connectivity index (χ3v) is 4.33. The molecule has 0 fully saturated rings. The number of carboxylic acids is 1. The van der Waals surface area contributed by atoms with Crippen LogP contribution in [-0.2, 0) is 10.8 Å². The van der Waals surface area contributed by atoms with E-state index in [4.69, 9.17) is 5.11 Å². The highest BCUT2D eigenvalue weighted by atomic mass is 79.9. The van der Waals surface area contributed by atoms with E-state index in [9.17, 15) is 9.00 Å². The summed E-state index contributed by atoms with van der Waals surface area (Å²) in [6.45, 7) is 2.07. The van der Waals surface area contributed by atoms with Gasteiger partial charge in [0.15, 0.2) is 0 Å². The molecule has 0 heterocycles. The first-order chi connectivity index (χ1) is 8.06. The lowest BCUT2D eigenvalue weighted by molar-refractivity contribution is 0.0693. The van der Waals surface area contributed by atoms with Crippen LogP contribution in [0, 0.1) is 0 Å². The molecule has 5 heteroatoms. The van der Waals surface area contributed by atoms with Gasteiger partial charge in [-0.1, -0.05) is 35.7 Å². The number of carboxylic acid groups (broad SMARTS) is 1. The largest absolute Gasteiger partial charge is 0.478 e. The zero-order valence-electron chi connectivity index (χ0n) is 9.61. The lowest BCUT2D eigenvalue weighted by atomic mass is 10.2. The van der Waals surface area contributed by atoms with Gasteiger partial charge in [0.2, 0.25) is 0 Å². The molecule has 0 radical (unpaired) electrons. The number of hydrogen-bond donors (Lipinski definition) is 1. The van der Waals surface area contributed by atoms with Crippen LogP contribution in [0.1, 0.15) is 36.5 Å². The Hall–Kier alpha value is -0.680. The van der Waals surface area contributed by atoms with Crippen LogP contribution in [0.3, 0.4) is 0 Å². The second-order valence-electron chi connectivity index (χ2n) is 3.70. The Balaban J connectivity index is 2.90. The van der Waals surface area contributed by atoms with Gasteiger partial charge < -0.3 is 5.11 Å². The van der Waals surface area contributed by atoms with Gasteiger partial charge in [-0.15, -0.1) is 0 Å². The zero-order valence-corrected chi connectivity index (χ0v) is 12.0. The molecule has 0 aliphatic heterocycles. The number of unbranched alkanes of at least 4 members (excludes halogenated alkanes) is 2. The molecule has 0 spiro atoms. The highest BCUT2D eigenvalue weighted by Gasteiger charge is 2.15. The van der Waals surface area contributed by atoms with E-state index in [2.05, 4.69) is 22.9 Å². The van der Waals surface area contributed by atoms with E-state index >= 15 is 0 Å². The lowest BCUT2D eigenvalue weighted by Gasteiger charge is -2.06. The van der Waals surface area contributed by atoms with E-state index in [-0.39, 0.29) is 5.56 Å². The third-order valence-electron chi connectivity index (χ3n) is 2.35. The maximum atomic E-state index is 12.0. The maximum Gasteiger partial charge on any atom is 0.336 e. The van der Waals surface area contributed by atoms with Gasteiger partial charge in [-0.3, -0.25) is 4.21 Å². The summed E-state index contributed by atoms with van der Waals surface area (Å²) in [5, 5.41) is 9.03. The molecule has 0 amide bonds. The SMILES string of the molecule is CCCCCS(=O)c1cc(Br)ccc1C(=O)O. The number of hydrogen-bond acceptors (Lipinski definition) is 2. The van der Waals surface area contributed by atoms with Gasteiger partial charge in [0, 0.05) is 10.2 Å². The topological polar surface area (TPSA) is 54.4 Å². The Bertz CT molecular complexity index is 432. The quantitative estimate of drug-likeness (QED) is 0.817. The molecule has 17 heavy (non-hydrogen) atoms. The van der Waals surface area contributed by atoms with Crippen molar-refractivity contribution in [3.05, 3.63) is 28.2 Å². The molecule has 0 aliphatic carbocycles. The summed E-state index contributed by atoms with van der Waals surface area (Å²) in [6, 6.07) is 4.77. The standard InChI is InChI=1S/C12H15BrO3S/c1-2-3-4-7-17(16)11-8-9(13)5-6-10(11)12(14)15/h5-6,8H,2-4,7H2,1H3,(H,14,15). The smallest absolute Gasteiger partial charge is 0.336 e. The van der Waals surface area contributed by atoms with Gasteiger partial charge in [0.1, 0.15) is 0 Å². The molecule has 0 aromatic heterocycles. The molecule has 1 atom stereocenters. The predicted molar refractivity (Wildman–Crippen MR) is 71.9 cm³/mol. The Kier molecular flexibility index (Phi) is 5.85. The zero-order chi connectivity index (χ0) is 12.8. The molecule has 1 unspecified atom stereocenters. The van der Waals surface area contributed by atoms with Gasteiger partial charge >= 0.3 is 5.97 Å². The number of carbonyl (C=O) groups is 1. The van der Waals surface area contributed by atoms with Crippen LogP contribution in [0.2, 0.25) is 0 Å². The van der Waals surface area contributed by atoms with Crippen molar-refractivity contribution in [2.45, 2.75) is 31.1 Å². The number of rotatable bonds is 6. The fraction of sp³-hybridized carbons (Fsp3) is 0.417. The Morgan fingerprint density at radius 3 is 2.71 bits per heavy atom. The van der Waals surface area contributed by atoms with Crippen LogP contribution >= 0.6 is 15.9 Å². The molecular formula is C12H15BrO3S. The van der Waals surface area contributed by atoms with Crippen molar-refractivity contribution in [3.8, 4) is 0 Å². The van der Waals surface area contributed by atoms with Crippen LogP contribution in [0.25, 0.3) is 0 Å². The molecule has 0 aliphatic rings. The van der Waals surface area contributed by atoms with Gasteiger partial charge in [-0.2, -0.15) is 0 Å². The summed E-state index contributed by atoms with van der Waals surface area (Å²) in [4.78, 5) is 11.4. The van der Waals surface area contributed by atoms with Gasteiger partial charge in [-0.25, -0.2) is 4.79 Å². The molecule has 1 aromatic rings. The van der Waals surface area contributed by atoms with Crippen LogP contribution in [0.15, 0.2) is 27.6 Å². The van der Waals surface area contributed by atoms with E-state index < -0.39 is 16.8 Å². The second kappa shape index (κ2) is 6.91. The van der Waals surface area contributed by atoms with Gasteiger partial charge in [0.25, 0.3) is 0 Å². The summed E-state index contributed by atoms with van der Waals surface area (Å²) in [5.41, 5.74) is 0.128. The van der Waals surface area contributed by atoms with Crippen LogP contribution in [0.4, 0.5) is 0 Å². The number of benzene rings is 1. The summed E-state index contributed by atoms with van der Waals surface area (Å²) >= 11 is 3.27. The minimum absolute atomic E-state index is 0.128. The van der Waals surface area contributed by atoms with E-state index in [1.54, 1.807) is 12.1 Å². The maximum absolute atomic E-state index is 12.0. The summed E-state index contributed by atoms with van der Waals surface area (Å²) in [7, 11) is -1.24. The third kappa shape index (κ3) is 4.24. The first-order valence-corrected chi connectivity index (χ1v) is 7.58. The average molecular weight is 319 g/mol. The molecule has 0 bridgehead atoms. The summed E-state index contributed by atoms with van der Waals surface area (Å²) in [6.07, 6.45) is 2.93. The highest BCUT2D eigenvalue weighted by molar-refractivity contribution is 9.10. The Morgan fingerprint density at radius 2 is 2.12 bits per heavy atom. The summed E-state index contributed by atoms with van der Waals surface area (Å²) in [5.74, 6) is -0.513. The minimum atomic E-state index is -1.24. The van der Waals surface area contributed by atoms with Crippen LogP contribution < -0.4 is 0 Å². The van der Waals surface area contributed by atoms with Gasteiger partial charge in [-0.05, 0) is 24.6 Å². The molecule has 0 saturated heterocycles. The van der Waals surface area contributed by atoms with Crippen molar-refractivity contribution in [3.63, 3.8) is 0 Å². The lowest BCUT2D eigenvalue weighted by Crippen LogP contribution is -2.07. The average Bonchev–Trinajstić information content (AvgIpc) is 2.28. The second-order valence-corrected chi connectivity index (χ2v) is 6.16. The fourth-order valence-electron chi connectivity index (χ4n) is 1.45. The monoisotopic (exact) mass is 318 g/mol. The van der Waals surface area contributed by atoms with E-state index in [1.807, 2.05) is 0 Å². The number of aromatic carboxylic acids is 1. The van der Waals surface area contributed by atoms with Crippen LogP contribution in [-0.4, -0.2) is 21.0 Å². The van der Waals surface area contributed by atoms with Crippen molar-refractivity contribution in [1.29, 1.82) is 0 Å². The number of halogens is 1. The van der Waals surface area contributed by atoms with Gasteiger partial charge in [0.05, 0.1) is 21.3 Å². The Morgan fingerprint density at radius 1 is 1.41 bits per heavy atom. The van der Waals surface area contributed by atoms with Crippen molar-refractivity contribution >= 4 is 32.7 Å². The normalized spacial score (nSPS) is 12.4. The van der Waals surface area contributed by atoms with Crippen molar-refractivity contribution < 1.29 is 14.1 Å². The molecule has 1 N–H and O–H groups in total. The first-order valence-electron chi connectivity index (χ1n) is 5.47. The van der Waals surface area contributed by atoms with Crippen molar-refractivity contribution in [1.82, 2.24) is 0 Å². The minimum Gasteiger partial charge on any atom is -0.478 e. The molecule has 1 rings (SSSR count). The van der Waals surface area contributed by atoms with Crippen molar-refractivity contribution in [2.24, 2.45) is 0 Å². The Labute approximate surface area is 112 Å². The molecule has 0 saturated carbocycles. The first kappa shape index (κ1) is 14.4. The van der Waals surface area contributed by atoms with E-state index in [0.29, 0.717) is 10.6 Å². The molecule has 1 aromatic carbocycles. The van der Waals surface area contributed by atoms with Crippen LogP contribution in [0.5, 0.6) is 0 Å². The fourth-order valence-corrected chi connectivity index (χ4v) is 3.31. The summed E-state index contributed by atoms with van der Waals surface area (Å²) < 4.78 is 12.8. The molecular weight excluding hydrogens is 304 g/mol. The highest BCUT2D eigenvalue weighted by Crippen LogP contribution is 2.21. The van der Waals surface area contributed by atoms with Crippen molar-refractivity contribution in [2.75, 3.05) is 5.75 Å². The van der Waals surface area contributed by atoms with E-state index in [1.165, 1.54) is 6.07 Å². The van der Waals surface area contributed by atoms with E-state index in [0.717, 1.165) is 23.7 Å². The molecule has 3 nitrogen and oxygen atoms in total. The molecule has 94 valence electrons.